The first-order valence-electron chi connectivity index (χ1n) is 8.90. The Morgan fingerprint density at radius 1 is 0.692 bits per heavy atom. The fourth-order valence-corrected chi connectivity index (χ4v) is 2.85. The molecule has 0 spiro atoms. The Morgan fingerprint density at radius 3 is 1.31 bits per heavy atom. The number of ether oxygens (including phenoxy) is 2. The maximum Gasteiger partial charge on any atom is 0.200 e. The summed E-state index contributed by atoms with van der Waals surface area (Å²) in [6, 6.07) is 11.6. The number of ketones is 1. The highest BCUT2D eigenvalue weighted by Gasteiger charge is 2.24. The van der Waals surface area contributed by atoms with Crippen LogP contribution in [-0.2, 0) is 10.8 Å². The zero-order valence-electron chi connectivity index (χ0n) is 17.2. The van der Waals surface area contributed by atoms with E-state index in [4.69, 9.17) is 9.47 Å². The monoisotopic (exact) mass is 354 g/mol. The van der Waals surface area contributed by atoms with Gasteiger partial charge in [0.05, 0.1) is 25.3 Å². The van der Waals surface area contributed by atoms with Crippen LogP contribution in [0.1, 0.15) is 68.6 Å². The number of rotatable bonds is 4. The Bertz CT molecular complexity index is 738. The topological polar surface area (TPSA) is 35.5 Å². The molecule has 3 nitrogen and oxygen atoms in total. The number of benzene rings is 2. The fourth-order valence-electron chi connectivity index (χ4n) is 2.85. The molecule has 0 unspecified atom stereocenters. The van der Waals surface area contributed by atoms with Crippen molar-refractivity contribution < 1.29 is 14.3 Å². The van der Waals surface area contributed by atoms with Crippen molar-refractivity contribution in [1.82, 2.24) is 0 Å². The highest BCUT2D eigenvalue weighted by Crippen LogP contribution is 2.33. The highest BCUT2D eigenvalue weighted by molar-refractivity contribution is 6.12. The summed E-state index contributed by atoms with van der Waals surface area (Å²) in [7, 11) is 3.18. The average molecular weight is 354 g/mol. The van der Waals surface area contributed by atoms with Crippen LogP contribution < -0.4 is 9.47 Å². The molecule has 2 rings (SSSR count). The van der Waals surface area contributed by atoms with Crippen molar-refractivity contribution in [3.63, 3.8) is 0 Å². The van der Waals surface area contributed by atoms with Crippen LogP contribution in [0.5, 0.6) is 11.5 Å². The average Bonchev–Trinajstić information content (AvgIpc) is 2.58. The summed E-state index contributed by atoms with van der Waals surface area (Å²) in [6.45, 7) is 12.8. The molecule has 0 saturated carbocycles. The number of methoxy groups -OCH3 is 2. The summed E-state index contributed by atoms with van der Waals surface area (Å²) >= 11 is 0. The van der Waals surface area contributed by atoms with Gasteiger partial charge in [0.1, 0.15) is 11.5 Å². The molecule has 0 amide bonds. The first-order valence-corrected chi connectivity index (χ1v) is 8.90. The first-order chi connectivity index (χ1) is 12.0. The predicted octanol–water partition coefficient (Wildman–Crippen LogP) is 5.53. The molecule has 0 bridgehead atoms. The van der Waals surface area contributed by atoms with E-state index in [1.807, 2.05) is 36.4 Å². The Hall–Kier alpha value is -2.29. The van der Waals surface area contributed by atoms with Crippen molar-refractivity contribution in [3.8, 4) is 11.5 Å². The van der Waals surface area contributed by atoms with Crippen molar-refractivity contribution in [2.75, 3.05) is 14.2 Å². The van der Waals surface area contributed by atoms with Crippen molar-refractivity contribution in [1.29, 1.82) is 0 Å². The maximum atomic E-state index is 13.4. The highest BCUT2D eigenvalue weighted by atomic mass is 16.5. The van der Waals surface area contributed by atoms with E-state index in [0.717, 1.165) is 11.1 Å². The molecular formula is C23H30O3. The Balaban J connectivity index is 2.65. The van der Waals surface area contributed by atoms with Crippen LogP contribution in [-0.4, -0.2) is 20.0 Å². The molecule has 0 N–H and O–H groups in total. The summed E-state index contributed by atoms with van der Waals surface area (Å²) < 4.78 is 10.9. The normalized spacial score (nSPS) is 12.0. The molecule has 0 saturated heterocycles. The summed E-state index contributed by atoms with van der Waals surface area (Å²) in [5.74, 6) is 1.06. The van der Waals surface area contributed by atoms with Gasteiger partial charge in [0.15, 0.2) is 5.78 Å². The standard InChI is InChI=1S/C23H30O3/c1-22(2,3)15-9-11-19(25-7)17(13-15)21(24)18-14-16(23(4,5)6)10-12-20(18)26-8/h9-14H,1-8H3. The third-order valence-electron chi connectivity index (χ3n) is 4.62. The molecule has 0 fully saturated rings. The number of carbonyl (C=O) groups is 1. The first kappa shape index (κ1) is 20.0. The van der Waals surface area contributed by atoms with Gasteiger partial charge in [-0.1, -0.05) is 53.7 Å². The minimum atomic E-state index is -0.0871. The lowest BCUT2D eigenvalue weighted by atomic mass is 9.83. The molecule has 0 aliphatic heterocycles. The third-order valence-corrected chi connectivity index (χ3v) is 4.62. The zero-order chi connectivity index (χ0) is 19.7. The fraction of sp³-hybridized carbons (Fsp3) is 0.435. The second kappa shape index (κ2) is 7.14. The summed E-state index contributed by atoms with van der Waals surface area (Å²) in [5.41, 5.74) is 3.19. The summed E-state index contributed by atoms with van der Waals surface area (Å²) in [5, 5.41) is 0. The molecule has 2 aromatic carbocycles. The molecule has 0 heterocycles. The molecule has 0 aliphatic carbocycles. The van der Waals surface area contributed by atoms with Gasteiger partial charge < -0.3 is 9.47 Å². The van der Waals surface area contributed by atoms with Gasteiger partial charge in [-0.05, 0) is 46.2 Å². The molecule has 0 atom stereocenters. The van der Waals surface area contributed by atoms with Gasteiger partial charge in [-0.3, -0.25) is 4.79 Å². The number of hydrogen-bond donors (Lipinski definition) is 0. The predicted molar refractivity (Wildman–Crippen MR) is 107 cm³/mol. The Morgan fingerprint density at radius 2 is 1.04 bits per heavy atom. The van der Waals surface area contributed by atoms with Crippen molar-refractivity contribution in [2.45, 2.75) is 52.4 Å². The second-order valence-corrected chi connectivity index (χ2v) is 8.66. The summed E-state index contributed by atoms with van der Waals surface area (Å²) in [6.07, 6.45) is 0. The molecule has 140 valence electrons. The van der Waals surface area contributed by atoms with Crippen LogP contribution >= 0.6 is 0 Å². The minimum absolute atomic E-state index is 0.0569. The van der Waals surface area contributed by atoms with Gasteiger partial charge in [0.25, 0.3) is 0 Å². The van der Waals surface area contributed by atoms with E-state index in [-0.39, 0.29) is 16.6 Å². The van der Waals surface area contributed by atoms with E-state index in [2.05, 4.69) is 41.5 Å². The largest absolute Gasteiger partial charge is 0.496 e. The van der Waals surface area contributed by atoms with E-state index < -0.39 is 0 Å². The quantitative estimate of drug-likeness (QED) is 0.677. The van der Waals surface area contributed by atoms with Crippen LogP contribution in [0.25, 0.3) is 0 Å². The van der Waals surface area contributed by atoms with Crippen LogP contribution in [0.3, 0.4) is 0 Å². The maximum absolute atomic E-state index is 13.4. The molecular weight excluding hydrogens is 324 g/mol. The van der Waals surface area contributed by atoms with E-state index in [0.29, 0.717) is 22.6 Å². The van der Waals surface area contributed by atoms with Crippen LogP contribution in [0.4, 0.5) is 0 Å². The lowest BCUT2D eigenvalue weighted by molar-refractivity contribution is 0.103. The van der Waals surface area contributed by atoms with Crippen LogP contribution in [0, 0.1) is 0 Å². The minimum Gasteiger partial charge on any atom is -0.496 e. The smallest absolute Gasteiger partial charge is 0.200 e. The van der Waals surface area contributed by atoms with Gasteiger partial charge in [0.2, 0.25) is 0 Å². The van der Waals surface area contributed by atoms with Crippen LogP contribution in [0.2, 0.25) is 0 Å². The number of hydrogen-bond acceptors (Lipinski definition) is 3. The Kier molecular flexibility index (Phi) is 5.50. The molecule has 3 heteroatoms. The van der Waals surface area contributed by atoms with E-state index in [1.165, 1.54) is 0 Å². The Labute approximate surface area is 157 Å². The van der Waals surface area contributed by atoms with Crippen molar-refractivity contribution >= 4 is 5.78 Å². The van der Waals surface area contributed by atoms with Crippen molar-refractivity contribution in [3.05, 3.63) is 58.7 Å². The van der Waals surface area contributed by atoms with Gasteiger partial charge in [0, 0.05) is 0 Å². The van der Waals surface area contributed by atoms with E-state index in [9.17, 15) is 4.79 Å². The molecule has 26 heavy (non-hydrogen) atoms. The molecule has 0 aromatic heterocycles. The third kappa shape index (κ3) is 4.09. The lowest BCUT2D eigenvalue weighted by Gasteiger charge is -2.22. The zero-order valence-corrected chi connectivity index (χ0v) is 17.2. The van der Waals surface area contributed by atoms with Gasteiger partial charge in [-0.25, -0.2) is 0 Å². The number of carbonyl (C=O) groups excluding carboxylic acids is 1. The molecule has 0 aliphatic rings. The van der Waals surface area contributed by atoms with Crippen LogP contribution in [0.15, 0.2) is 36.4 Å². The molecule has 0 radical (unpaired) electrons. The van der Waals surface area contributed by atoms with E-state index in [1.54, 1.807) is 14.2 Å². The van der Waals surface area contributed by atoms with E-state index >= 15 is 0 Å². The lowest BCUT2D eigenvalue weighted by Crippen LogP contribution is -2.15. The second-order valence-electron chi connectivity index (χ2n) is 8.66. The SMILES string of the molecule is COc1ccc(C(C)(C)C)cc1C(=O)c1cc(C(C)(C)C)ccc1OC. The van der Waals surface area contributed by atoms with Gasteiger partial charge in [-0.2, -0.15) is 0 Å². The summed E-state index contributed by atoms with van der Waals surface area (Å²) in [4.78, 5) is 13.4. The molecule has 2 aromatic rings. The van der Waals surface area contributed by atoms with Gasteiger partial charge in [-0.15, -0.1) is 0 Å². The van der Waals surface area contributed by atoms with Gasteiger partial charge >= 0.3 is 0 Å². The van der Waals surface area contributed by atoms with Crippen molar-refractivity contribution in [2.24, 2.45) is 0 Å².